The Labute approximate surface area is 177 Å². The Balaban J connectivity index is 1.80. The maximum Gasteiger partial charge on any atom is 0.341 e. The first-order chi connectivity index (χ1) is 14.0. The van der Waals surface area contributed by atoms with Crippen LogP contribution in [0.25, 0.3) is 16.5 Å². The highest BCUT2D eigenvalue weighted by Crippen LogP contribution is 2.32. The molecule has 3 aromatic rings. The summed E-state index contributed by atoms with van der Waals surface area (Å²) in [4.78, 5) is 30.9. The van der Waals surface area contributed by atoms with Gasteiger partial charge < -0.3 is 14.6 Å². The minimum absolute atomic E-state index is 0.159. The topological polar surface area (TPSA) is 62.4 Å². The van der Waals surface area contributed by atoms with Gasteiger partial charge in [0, 0.05) is 28.1 Å². The first-order valence-corrected chi connectivity index (χ1v) is 10.3. The zero-order valence-electron chi connectivity index (χ0n) is 16.3. The van der Waals surface area contributed by atoms with E-state index in [2.05, 4.69) is 20.9 Å². The van der Waals surface area contributed by atoms with E-state index in [0.717, 1.165) is 32.2 Å². The second-order valence-corrected chi connectivity index (χ2v) is 7.87. The van der Waals surface area contributed by atoms with Crippen LogP contribution in [0.2, 0.25) is 0 Å². The number of carbonyl (C=O) groups excluding carboxylic acids is 2. The smallest absolute Gasteiger partial charge is 0.341 e. The van der Waals surface area contributed by atoms with Crippen molar-refractivity contribution in [2.45, 2.75) is 20.3 Å². The van der Waals surface area contributed by atoms with Crippen LogP contribution in [0.4, 0.5) is 0 Å². The first-order valence-electron chi connectivity index (χ1n) is 9.55. The van der Waals surface area contributed by atoms with E-state index in [1.165, 1.54) is 0 Å². The van der Waals surface area contributed by atoms with Crippen molar-refractivity contribution >= 4 is 44.3 Å². The maximum atomic E-state index is 13.2. The second kappa shape index (κ2) is 7.87. The van der Waals surface area contributed by atoms with E-state index < -0.39 is 5.97 Å². The highest BCUT2D eigenvalue weighted by molar-refractivity contribution is 9.10. The van der Waals surface area contributed by atoms with Crippen molar-refractivity contribution in [3.05, 3.63) is 75.5 Å². The summed E-state index contributed by atoms with van der Waals surface area (Å²) >= 11 is 3.49. The zero-order valence-corrected chi connectivity index (χ0v) is 17.9. The van der Waals surface area contributed by atoms with Crippen LogP contribution >= 0.6 is 15.9 Å². The molecule has 4 rings (SSSR count). The van der Waals surface area contributed by atoms with Crippen molar-refractivity contribution in [3.63, 3.8) is 0 Å². The lowest BCUT2D eigenvalue weighted by Gasteiger charge is -2.19. The molecular weight excluding hydrogens is 432 g/mol. The number of carbonyl (C=O) groups is 2. The normalized spacial score (nSPS) is 13.6. The number of hydrogen-bond acceptors (Lipinski definition) is 3. The Morgan fingerprint density at radius 2 is 2.00 bits per heavy atom. The van der Waals surface area contributed by atoms with Crippen LogP contribution in [-0.4, -0.2) is 34.9 Å². The summed E-state index contributed by atoms with van der Waals surface area (Å²) in [6.45, 7) is 4.48. The van der Waals surface area contributed by atoms with Crippen LogP contribution in [0, 0.1) is 6.92 Å². The predicted molar refractivity (Wildman–Crippen MR) is 117 cm³/mol. The van der Waals surface area contributed by atoms with Gasteiger partial charge in [0.2, 0.25) is 0 Å². The zero-order chi connectivity index (χ0) is 20.5. The third kappa shape index (κ3) is 3.60. The number of nitrogens with one attached hydrogen (secondary N) is 1. The maximum absolute atomic E-state index is 13.2. The van der Waals surface area contributed by atoms with Crippen molar-refractivity contribution in [3.8, 4) is 0 Å². The lowest BCUT2D eigenvalue weighted by atomic mass is 10.0. The molecule has 1 amide bonds. The second-order valence-electron chi connectivity index (χ2n) is 7.02. The third-order valence-corrected chi connectivity index (χ3v) is 5.74. The van der Waals surface area contributed by atoms with E-state index in [9.17, 15) is 9.59 Å². The minimum atomic E-state index is -0.442. The van der Waals surface area contributed by atoms with E-state index in [4.69, 9.17) is 4.74 Å². The van der Waals surface area contributed by atoms with Crippen LogP contribution in [0.15, 0.2) is 53.1 Å². The van der Waals surface area contributed by atoms with Crippen LogP contribution < -0.4 is 0 Å². The van der Waals surface area contributed by atoms with Gasteiger partial charge in [-0.1, -0.05) is 24.3 Å². The molecule has 2 heterocycles. The summed E-state index contributed by atoms with van der Waals surface area (Å²) in [5.41, 5.74) is 4.71. The van der Waals surface area contributed by atoms with Crippen molar-refractivity contribution < 1.29 is 14.3 Å². The van der Waals surface area contributed by atoms with Crippen molar-refractivity contribution in [2.75, 3.05) is 13.2 Å². The fourth-order valence-corrected chi connectivity index (χ4v) is 4.34. The summed E-state index contributed by atoms with van der Waals surface area (Å²) in [6, 6.07) is 13.6. The van der Waals surface area contributed by atoms with Gasteiger partial charge >= 0.3 is 5.97 Å². The highest BCUT2D eigenvalue weighted by atomic mass is 79.9. The molecule has 5 nitrogen and oxygen atoms in total. The predicted octanol–water partition coefficient (Wildman–Crippen LogP) is 4.84. The molecule has 0 bridgehead atoms. The number of para-hydroxylation sites is 1. The van der Waals surface area contributed by atoms with E-state index in [1.54, 1.807) is 24.1 Å². The van der Waals surface area contributed by atoms with E-state index in [0.29, 0.717) is 24.1 Å². The minimum Gasteiger partial charge on any atom is -0.462 e. The quantitative estimate of drug-likeness (QED) is 0.578. The lowest BCUT2D eigenvalue weighted by Crippen LogP contribution is -2.28. The number of halogens is 1. The number of aryl methyl sites for hydroxylation is 1. The number of amides is 1. The monoisotopic (exact) mass is 452 g/mol. The van der Waals surface area contributed by atoms with Gasteiger partial charge in [-0.15, -0.1) is 0 Å². The van der Waals surface area contributed by atoms with Gasteiger partial charge in [0.25, 0.3) is 5.91 Å². The molecule has 2 aromatic carbocycles. The molecule has 1 aliphatic rings. The molecule has 0 radical (unpaired) electrons. The number of rotatable bonds is 3. The van der Waals surface area contributed by atoms with E-state index in [-0.39, 0.29) is 12.5 Å². The molecule has 0 unspecified atom stereocenters. The molecule has 1 aromatic heterocycles. The number of nitrogens with zero attached hydrogens (tertiary/aromatic N) is 1. The van der Waals surface area contributed by atoms with Gasteiger partial charge in [0.15, 0.2) is 0 Å². The molecule has 0 spiro atoms. The van der Waals surface area contributed by atoms with Crippen LogP contribution in [0.1, 0.15) is 34.1 Å². The fraction of sp³-hybridized carbons (Fsp3) is 0.217. The summed E-state index contributed by atoms with van der Waals surface area (Å²) in [6.07, 6.45) is 2.25. The van der Waals surface area contributed by atoms with Crippen LogP contribution in [0.5, 0.6) is 0 Å². The molecule has 0 saturated carbocycles. The van der Waals surface area contributed by atoms with Crippen LogP contribution in [0.3, 0.4) is 0 Å². The number of H-pyrrole nitrogens is 1. The van der Waals surface area contributed by atoms with Crippen molar-refractivity contribution in [2.24, 2.45) is 0 Å². The molecule has 148 valence electrons. The number of aromatic amines is 1. The SMILES string of the molecule is CCOC(=O)C1=CN(C(=O)c2ccc(C)cc2Br)CCc2c1[nH]c1ccccc21. The molecular formula is C23H21BrN2O3. The molecule has 0 saturated heterocycles. The standard InChI is InChI=1S/C23H21BrN2O3/c1-3-29-23(28)18-13-26(22(27)17-9-8-14(2)12-19(17)24)11-10-16-15-6-4-5-7-20(15)25-21(16)18/h4-9,12-13,25H,3,10-11H2,1-2H3. The number of fused-ring (bicyclic) bond motifs is 3. The molecule has 0 atom stereocenters. The van der Waals surface area contributed by atoms with Gasteiger partial charge in [-0.2, -0.15) is 0 Å². The Bertz CT molecular complexity index is 1150. The van der Waals surface area contributed by atoms with Gasteiger partial charge in [0.05, 0.1) is 23.4 Å². The van der Waals surface area contributed by atoms with E-state index in [1.807, 2.05) is 43.3 Å². The third-order valence-electron chi connectivity index (χ3n) is 5.08. The van der Waals surface area contributed by atoms with Gasteiger partial charge in [-0.25, -0.2) is 4.79 Å². The number of esters is 1. The lowest BCUT2D eigenvalue weighted by molar-refractivity contribution is -0.136. The molecule has 29 heavy (non-hydrogen) atoms. The summed E-state index contributed by atoms with van der Waals surface area (Å²) in [7, 11) is 0. The van der Waals surface area contributed by atoms with Crippen LogP contribution in [-0.2, 0) is 16.0 Å². The number of benzene rings is 2. The average Bonchev–Trinajstić information content (AvgIpc) is 2.95. The van der Waals surface area contributed by atoms with E-state index >= 15 is 0 Å². The number of hydrogen-bond donors (Lipinski definition) is 1. The molecule has 1 aliphatic heterocycles. The summed E-state index contributed by atoms with van der Waals surface area (Å²) < 4.78 is 6.03. The van der Waals surface area contributed by atoms with Crippen molar-refractivity contribution in [1.82, 2.24) is 9.88 Å². The first kappa shape index (κ1) is 19.5. The largest absolute Gasteiger partial charge is 0.462 e. The Morgan fingerprint density at radius 1 is 1.21 bits per heavy atom. The fourth-order valence-electron chi connectivity index (χ4n) is 3.68. The highest BCUT2D eigenvalue weighted by Gasteiger charge is 2.28. The molecule has 0 fully saturated rings. The van der Waals surface area contributed by atoms with Gasteiger partial charge in [0.1, 0.15) is 0 Å². The van der Waals surface area contributed by atoms with Gasteiger partial charge in [-0.05, 0) is 65.5 Å². The molecule has 1 N–H and O–H groups in total. The van der Waals surface area contributed by atoms with Crippen molar-refractivity contribution in [1.29, 1.82) is 0 Å². The molecule has 6 heteroatoms. The average molecular weight is 453 g/mol. The Hall–Kier alpha value is -2.86. The summed E-state index contributed by atoms with van der Waals surface area (Å²) in [5.74, 6) is -0.601. The Kier molecular flexibility index (Phi) is 5.28. The number of ether oxygens (including phenoxy) is 1. The Morgan fingerprint density at radius 3 is 2.76 bits per heavy atom. The summed E-state index contributed by atoms with van der Waals surface area (Å²) in [5, 5.41) is 1.06. The van der Waals surface area contributed by atoms with Gasteiger partial charge in [-0.3, -0.25) is 4.79 Å². The number of aromatic nitrogens is 1. The molecule has 0 aliphatic carbocycles.